The zero-order valence-electron chi connectivity index (χ0n) is 13.9. The van der Waals surface area contributed by atoms with Gasteiger partial charge >= 0.3 is 0 Å². The predicted octanol–water partition coefficient (Wildman–Crippen LogP) is 2.33. The minimum absolute atomic E-state index is 0.573. The highest BCUT2D eigenvalue weighted by atomic mass is 16.5. The fraction of sp³-hybridized carbons (Fsp3) is 0.667. The van der Waals surface area contributed by atoms with Crippen molar-refractivity contribution in [3.8, 4) is 6.07 Å². The van der Waals surface area contributed by atoms with E-state index in [2.05, 4.69) is 28.2 Å². The maximum Gasteiger partial charge on any atom is 0.128 e. The Hall–Kier alpha value is -1.64. The monoisotopic (exact) mass is 314 g/mol. The summed E-state index contributed by atoms with van der Waals surface area (Å²) in [5, 5.41) is 12.7. The third kappa shape index (κ3) is 4.21. The topological polar surface area (TPSA) is 61.2 Å². The van der Waals surface area contributed by atoms with Crippen molar-refractivity contribution in [1.29, 1.82) is 5.26 Å². The van der Waals surface area contributed by atoms with Crippen molar-refractivity contribution in [2.75, 3.05) is 31.2 Å². The van der Waals surface area contributed by atoms with E-state index in [1.165, 1.54) is 12.8 Å². The number of nitrogens with zero attached hydrogens (tertiary/aromatic N) is 3. The predicted molar refractivity (Wildman–Crippen MR) is 90.3 cm³/mol. The SMILES string of the molecule is C[C@H](NC1CCN(c2ccc(C#N)cn2)CC1)C1CCOCC1. The molecule has 0 aromatic carbocycles. The van der Waals surface area contributed by atoms with Crippen LogP contribution in [0, 0.1) is 17.2 Å². The van der Waals surface area contributed by atoms with Crippen molar-refractivity contribution in [2.24, 2.45) is 5.92 Å². The maximum atomic E-state index is 8.85. The van der Waals surface area contributed by atoms with Gasteiger partial charge in [-0.15, -0.1) is 0 Å². The molecule has 3 rings (SSSR count). The van der Waals surface area contributed by atoms with E-state index < -0.39 is 0 Å². The molecular formula is C18H26N4O. The van der Waals surface area contributed by atoms with E-state index in [9.17, 15) is 0 Å². The number of piperidine rings is 1. The number of nitriles is 1. The number of anilines is 1. The van der Waals surface area contributed by atoms with Crippen molar-refractivity contribution >= 4 is 5.82 Å². The van der Waals surface area contributed by atoms with Crippen LogP contribution in [-0.4, -0.2) is 43.4 Å². The van der Waals surface area contributed by atoms with E-state index in [4.69, 9.17) is 10.00 Å². The molecule has 2 aliphatic heterocycles. The van der Waals surface area contributed by atoms with Gasteiger partial charge in [-0.05, 0) is 50.7 Å². The minimum Gasteiger partial charge on any atom is -0.381 e. The molecule has 3 heterocycles. The smallest absolute Gasteiger partial charge is 0.128 e. The van der Waals surface area contributed by atoms with E-state index in [1.54, 1.807) is 6.20 Å². The lowest BCUT2D eigenvalue weighted by Gasteiger charge is -2.37. The molecule has 0 bridgehead atoms. The average molecular weight is 314 g/mol. The number of hydrogen-bond donors (Lipinski definition) is 1. The molecule has 124 valence electrons. The van der Waals surface area contributed by atoms with Crippen LogP contribution in [0.5, 0.6) is 0 Å². The number of hydrogen-bond acceptors (Lipinski definition) is 5. The second-order valence-corrected chi connectivity index (χ2v) is 6.68. The van der Waals surface area contributed by atoms with E-state index in [1.807, 2.05) is 12.1 Å². The van der Waals surface area contributed by atoms with Crippen LogP contribution in [-0.2, 0) is 4.74 Å². The fourth-order valence-corrected chi connectivity index (χ4v) is 3.64. The Morgan fingerprint density at radius 3 is 2.61 bits per heavy atom. The van der Waals surface area contributed by atoms with Gasteiger partial charge in [-0.2, -0.15) is 5.26 Å². The fourth-order valence-electron chi connectivity index (χ4n) is 3.64. The zero-order chi connectivity index (χ0) is 16.1. The van der Waals surface area contributed by atoms with Crippen molar-refractivity contribution in [1.82, 2.24) is 10.3 Å². The van der Waals surface area contributed by atoms with Crippen molar-refractivity contribution in [3.05, 3.63) is 23.9 Å². The number of aromatic nitrogens is 1. The normalized spacial score (nSPS) is 21.8. The lowest BCUT2D eigenvalue weighted by atomic mass is 9.91. The van der Waals surface area contributed by atoms with Gasteiger partial charge in [0.25, 0.3) is 0 Å². The van der Waals surface area contributed by atoms with Crippen LogP contribution in [0.1, 0.15) is 38.2 Å². The summed E-state index contributed by atoms with van der Waals surface area (Å²) in [6.45, 7) is 6.21. The molecule has 0 amide bonds. The van der Waals surface area contributed by atoms with Gasteiger partial charge < -0.3 is 15.0 Å². The molecule has 1 N–H and O–H groups in total. The first-order valence-corrected chi connectivity index (χ1v) is 8.71. The second kappa shape index (κ2) is 7.76. The molecule has 0 aliphatic carbocycles. The Labute approximate surface area is 138 Å². The third-order valence-electron chi connectivity index (χ3n) is 5.17. The molecule has 0 spiro atoms. The summed E-state index contributed by atoms with van der Waals surface area (Å²) in [5.41, 5.74) is 0.621. The molecule has 5 nitrogen and oxygen atoms in total. The van der Waals surface area contributed by atoms with Crippen molar-refractivity contribution in [3.63, 3.8) is 0 Å². The number of nitrogens with one attached hydrogen (secondary N) is 1. The Balaban J connectivity index is 1.47. The van der Waals surface area contributed by atoms with E-state index in [0.29, 0.717) is 17.6 Å². The van der Waals surface area contributed by atoms with Crippen LogP contribution in [0.3, 0.4) is 0 Å². The van der Waals surface area contributed by atoms with E-state index in [-0.39, 0.29) is 0 Å². The average Bonchev–Trinajstić information content (AvgIpc) is 2.63. The number of ether oxygens (including phenoxy) is 1. The van der Waals surface area contributed by atoms with Crippen molar-refractivity contribution in [2.45, 2.75) is 44.7 Å². The number of rotatable bonds is 4. The molecule has 1 atom stereocenters. The Morgan fingerprint density at radius 2 is 2.00 bits per heavy atom. The first-order valence-electron chi connectivity index (χ1n) is 8.71. The third-order valence-corrected chi connectivity index (χ3v) is 5.17. The Bertz CT molecular complexity index is 525. The summed E-state index contributed by atoms with van der Waals surface area (Å²) < 4.78 is 5.46. The van der Waals surface area contributed by atoms with Crippen LogP contribution in [0.2, 0.25) is 0 Å². The summed E-state index contributed by atoms with van der Waals surface area (Å²) in [6, 6.07) is 7.09. The van der Waals surface area contributed by atoms with Gasteiger partial charge in [0, 0.05) is 44.6 Å². The standard InChI is InChI=1S/C18H26N4O/c1-14(16-6-10-23-11-7-16)21-17-4-8-22(9-5-17)18-3-2-15(12-19)13-20-18/h2-3,13-14,16-17,21H,4-11H2,1H3/t14-/m0/s1. The minimum atomic E-state index is 0.573. The highest BCUT2D eigenvalue weighted by Crippen LogP contribution is 2.22. The molecule has 0 unspecified atom stereocenters. The van der Waals surface area contributed by atoms with Gasteiger partial charge in [0.2, 0.25) is 0 Å². The quantitative estimate of drug-likeness (QED) is 0.924. The maximum absolute atomic E-state index is 8.85. The largest absolute Gasteiger partial charge is 0.381 e. The molecule has 2 fully saturated rings. The van der Waals surface area contributed by atoms with E-state index in [0.717, 1.165) is 50.9 Å². The van der Waals surface area contributed by atoms with Crippen LogP contribution in [0.4, 0.5) is 5.82 Å². The lowest BCUT2D eigenvalue weighted by Crippen LogP contribution is -2.48. The Kier molecular flexibility index (Phi) is 5.47. The van der Waals surface area contributed by atoms with Crippen LogP contribution < -0.4 is 10.2 Å². The van der Waals surface area contributed by atoms with Gasteiger partial charge in [0.15, 0.2) is 0 Å². The van der Waals surface area contributed by atoms with Crippen LogP contribution in [0.15, 0.2) is 18.3 Å². The number of pyridine rings is 1. The first-order chi connectivity index (χ1) is 11.3. The summed E-state index contributed by atoms with van der Waals surface area (Å²) in [4.78, 5) is 6.72. The first kappa shape index (κ1) is 16.2. The molecule has 1 aromatic rings. The molecule has 0 saturated carbocycles. The van der Waals surface area contributed by atoms with Gasteiger partial charge in [-0.25, -0.2) is 4.98 Å². The molecule has 2 saturated heterocycles. The van der Waals surface area contributed by atoms with Gasteiger partial charge in [0.05, 0.1) is 5.56 Å². The van der Waals surface area contributed by atoms with Crippen LogP contribution in [0.25, 0.3) is 0 Å². The second-order valence-electron chi connectivity index (χ2n) is 6.68. The van der Waals surface area contributed by atoms with Gasteiger partial charge in [-0.1, -0.05) is 0 Å². The summed E-state index contributed by atoms with van der Waals surface area (Å²) in [6.07, 6.45) is 6.32. The molecule has 5 heteroatoms. The molecule has 23 heavy (non-hydrogen) atoms. The van der Waals surface area contributed by atoms with Gasteiger partial charge in [-0.3, -0.25) is 0 Å². The summed E-state index contributed by atoms with van der Waals surface area (Å²) in [7, 11) is 0. The van der Waals surface area contributed by atoms with Crippen LogP contribution >= 0.6 is 0 Å². The lowest BCUT2D eigenvalue weighted by molar-refractivity contribution is 0.0539. The highest BCUT2D eigenvalue weighted by molar-refractivity contribution is 5.42. The molecular weight excluding hydrogens is 288 g/mol. The summed E-state index contributed by atoms with van der Waals surface area (Å²) in [5.74, 6) is 1.74. The zero-order valence-corrected chi connectivity index (χ0v) is 13.9. The molecule has 0 radical (unpaired) electrons. The van der Waals surface area contributed by atoms with E-state index >= 15 is 0 Å². The highest BCUT2D eigenvalue weighted by Gasteiger charge is 2.25. The molecule has 1 aromatic heterocycles. The summed E-state index contributed by atoms with van der Waals surface area (Å²) >= 11 is 0. The molecule has 2 aliphatic rings. The van der Waals surface area contributed by atoms with Crippen molar-refractivity contribution < 1.29 is 4.74 Å². The van der Waals surface area contributed by atoms with Gasteiger partial charge in [0.1, 0.15) is 11.9 Å². The Morgan fingerprint density at radius 1 is 1.26 bits per heavy atom.